The third kappa shape index (κ3) is 3.51. The second-order valence-corrected chi connectivity index (χ2v) is 1.41. The highest BCUT2D eigenvalue weighted by molar-refractivity contribution is 4.49. The normalized spacial score (nSPS) is 13.2. The molecule has 1 atom stereocenters. The van der Waals surface area contributed by atoms with Crippen molar-refractivity contribution in [2.75, 3.05) is 13.6 Å². The Hall–Kier alpha value is -0.680. The average Bonchev–Trinajstić information content (AvgIpc) is 1.65. The lowest BCUT2D eigenvalue weighted by Crippen LogP contribution is -2.40. The summed E-state index contributed by atoms with van der Waals surface area (Å²) in [6.07, 6.45) is -0.523. The summed E-state index contributed by atoms with van der Waals surface area (Å²) in [7, 11) is 1.58. The predicted octanol–water partition coefficient (Wildman–Crippen LogP) is -1.23. The third-order valence-corrected chi connectivity index (χ3v) is 0.717. The molecule has 0 saturated carbocycles. The van der Waals surface area contributed by atoms with Crippen LogP contribution in [0.25, 0.3) is 0 Å². The van der Waals surface area contributed by atoms with Crippen molar-refractivity contribution >= 4 is 0 Å². The second-order valence-electron chi connectivity index (χ2n) is 1.41. The first-order chi connectivity index (χ1) is 3.66. The maximum atomic E-state index is 9.65. The van der Waals surface area contributed by atoms with E-state index in [0.29, 0.717) is 0 Å². The Morgan fingerprint density at radius 3 is 2.62 bits per heavy atom. The molecule has 0 aromatic carbocycles. The molecule has 3 N–H and O–H groups in total. The van der Waals surface area contributed by atoms with E-state index >= 15 is 0 Å². The second kappa shape index (κ2) is 3.34. The van der Waals surface area contributed by atoms with Crippen LogP contribution >= 0.6 is 0 Å². The minimum Gasteiger partial charge on any atom is -0.310 e. The molecule has 48 valence electrons. The van der Waals surface area contributed by atoms with E-state index in [9.17, 15) is 10.1 Å². The molecule has 8 heavy (non-hydrogen) atoms. The lowest BCUT2D eigenvalue weighted by Gasteiger charge is -2.01. The Labute approximate surface area is 47.0 Å². The summed E-state index contributed by atoms with van der Waals surface area (Å²) in [6.45, 7) is -0.226. The van der Waals surface area contributed by atoms with Crippen molar-refractivity contribution in [3.05, 3.63) is 10.1 Å². The molecule has 0 radical (unpaired) electrons. The number of hydrogen-bond donors (Lipinski definition) is 2. The molecule has 0 aromatic heterocycles. The Kier molecular flexibility index (Phi) is 3.05. The van der Waals surface area contributed by atoms with Gasteiger partial charge in [-0.15, -0.1) is 0 Å². The maximum Gasteiger partial charge on any atom is 0.231 e. The molecule has 0 fully saturated rings. The molecule has 5 heteroatoms. The van der Waals surface area contributed by atoms with Gasteiger partial charge < -0.3 is 5.73 Å². The minimum absolute atomic E-state index is 0.226. The van der Waals surface area contributed by atoms with Crippen molar-refractivity contribution in [2.24, 2.45) is 5.73 Å². The van der Waals surface area contributed by atoms with Gasteiger partial charge in [-0.2, -0.15) is 0 Å². The molecular weight excluding hydrogens is 110 g/mol. The van der Waals surface area contributed by atoms with E-state index in [1.54, 1.807) is 7.05 Å². The van der Waals surface area contributed by atoms with E-state index in [1.807, 2.05) is 0 Å². The topological polar surface area (TPSA) is 81.2 Å². The van der Waals surface area contributed by atoms with Crippen molar-refractivity contribution in [1.29, 1.82) is 0 Å². The molecule has 0 aliphatic heterocycles. The summed E-state index contributed by atoms with van der Waals surface area (Å²) >= 11 is 0. The zero-order valence-corrected chi connectivity index (χ0v) is 4.63. The van der Waals surface area contributed by atoms with Crippen LogP contribution in [0.5, 0.6) is 0 Å². The molecule has 0 aromatic rings. The molecule has 0 amide bonds. The molecule has 5 nitrogen and oxygen atoms in total. The Morgan fingerprint density at radius 2 is 2.50 bits per heavy atom. The number of likely N-dealkylation sites (N-methyl/N-ethyl adjacent to an activating group) is 1. The predicted molar refractivity (Wildman–Crippen MR) is 28.9 cm³/mol. The fourth-order valence-electron chi connectivity index (χ4n) is 0.252. The highest BCUT2D eigenvalue weighted by Crippen LogP contribution is 1.69. The average molecular weight is 119 g/mol. The van der Waals surface area contributed by atoms with Crippen molar-refractivity contribution in [3.63, 3.8) is 0 Å². The van der Waals surface area contributed by atoms with Crippen molar-refractivity contribution < 1.29 is 4.92 Å². The molecule has 0 heterocycles. The van der Waals surface area contributed by atoms with Gasteiger partial charge in [0.1, 0.15) is 6.17 Å². The number of nitro groups is 1. The zero-order valence-electron chi connectivity index (χ0n) is 4.63. The van der Waals surface area contributed by atoms with E-state index in [2.05, 4.69) is 5.32 Å². The zero-order chi connectivity index (χ0) is 6.57. The van der Waals surface area contributed by atoms with Crippen LogP contribution in [0.2, 0.25) is 0 Å². The van der Waals surface area contributed by atoms with Crippen LogP contribution in [0.1, 0.15) is 0 Å². The van der Waals surface area contributed by atoms with E-state index in [4.69, 9.17) is 5.73 Å². The van der Waals surface area contributed by atoms with Gasteiger partial charge in [-0.25, -0.2) is 0 Å². The molecule has 0 spiro atoms. The van der Waals surface area contributed by atoms with E-state index < -0.39 is 11.1 Å². The third-order valence-electron chi connectivity index (χ3n) is 0.717. The van der Waals surface area contributed by atoms with Crippen LogP contribution in [0.3, 0.4) is 0 Å². The van der Waals surface area contributed by atoms with Gasteiger partial charge in [0, 0.05) is 4.92 Å². The molecule has 0 aliphatic carbocycles. The maximum absolute atomic E-state index is 9.65. The van der Waals surface area contributed by atoms with Crippen molar-refractivity contribution in [3.8, 4) is 0 Å². The van der Waals surface area contributed by atoms with E-state index in [0.717, 1.165) is 0 Å². The van der Waals surface area contributed by atoms with Gasteiger partial charge in [-0.3, -0.25) is 15.4 Å². The van der Waals surface area contributed by atoms with Gasteiger partial charge in [-0.1, -0.05) is 0 Å². The molecule has 0 aliphatic rings. The van der Waals surface area contributed by atoms with Gasteiger partial charge in [0.05, 0.1) is 0 Å². The SMILES string of the molecule is CNC(N)C[N+](=O)[O-]. The highest BCUT2D eigenvalue weighted by atomic mass is 16.6. The van der Waals surface area contributed by atoms with Crippen LogP contribution in [0.4, 0.5) is 0 Å². The summed E-state index contributed by atoms with van der Waals surface area (Å²) in [5.74, 6) is 0. The van der Waals surface area contributed by atoms with Gasteiger partial charge in [0.2, 0.25) is 6.54 Å². The molecule has 0 saturated heterocycles. The summed E-state index contributed by atoms with van der Waals surface area (Å²) in [5.41, 5.74) is 5.12. The highest BCUT2D eigenvalue weighted by Gasteiger charge is 2.03. The summed E-state index contributed by atoms with van der Waals surface area (Å²) < 4.78 is 0. The summed E-state index contributed by atoms with van der Waals surface area (Å²) in [5, 5.41) is 12.2. The van der Waals surface area contributed by atoms with Crippen LogP contribution in [-0.4, -0.2) is 24.7 Å². The molecule has 0 bridgehead atoms. The summed E-state index contributed by atoms with van der Waals surface area (Å²) in [4.78, 5) is 9.20. The monoisotopic (exact) mass is 119 g/mol. The Morgan fingerprint density at radius 1 is 2.00 bits per heavy atom. The first-order valence-corrected chi connectivity index (χ1v) is 2.21. The molecule has 0 rings (SSSR count). The van der Waals surface area contributed by atoms with Crippen LogP contribution in [0.15, 0.2) is 0 Å². The standard InChI is InChI=1S/C3H9N3O2/c1-5-3(4)2-6(7)8/h3,5H,2,4H2,1H3. The smallest absolute Gasteiger partial charge is 0.231 e. The number of rotatable bonds is 3. The lowest BCUT2D eigenvalue weighted by atomic mass is 10.5. The Balaban J connectivity index is 3.24. The first-order valence-electron chi connectivity index (χ1n) is 2.21. The molecule has 1 unspecified atom stereocenters. The van der Waals surface area contributed by atoms with Gasteiger partial charge in [0.15, 0.2) is 0 Å². The van der Waals surface area contributed by atoms with Crippen molar-refractivity contribution in [1.82, 2.24) is 5.32 Å². The Bertz CT molecular complexity index is 84.6. The van der Waals surface area contributed by atoms with Gasteiger partial charge in [-0.05, 0) is 7.05 Å². The quantitative estimate of drug-likeness (QED) is 0.277. The minimum atomic E-state index is -0.523. The molecular formula is C3H9N3O2. The first kappa shape index (κ1) is 7.32. The summed E-state index contributed by atoms with van der Waals surface area (Å²) in [6, 6.07) is 0. The number of nitrogens with two attached hydrogens (primary N) is 1. The largest absolute Gasteiger partial charge is 0.310 e. The van der Waals surface area contributed by atoms with Gasteiger partial charge >= 0.3 is 0 Å². The van der Waals surface area contributed by atoms with Crippen LogP contribution in [0, 0.1) is 10.1 Å². The fourth-order valence-corrected chi connectivity index (χ4v) is 0.252. The van der Waals surface area contributed by atoms with Crippen molar-refractivity contribution in [2.45, 2.75) is 6.17 Å². The number of hydrogen-bond acceptors (Lipinski definition) is 4. The lowest BCUT2D eigenvalue weighted by molar-refractivity contribution is -0.483. The van der Waals surface area contributed by atoms with Crippen LogP contribution < -0.4 is 11.1 Å². The van der Waals surface area contributed by atoms with Crippen LogP contribution in [-0.2, 0) is 0 Å². The number of nitrogens with one attached hydrogen (secondary N) is 1. The number of nitrogens with zero attached hydrogens (tertiary/aromatic N) is 1. The van der Waals surface area contributed by atoms with Gasteiger partial charge in [0.25, 0.3) is 0 Å². The fraction of sp³-hybridized carbons (Fsp3) is 1.00. The van der Waals surface area contributed by atoms with E-state index in [1.165, 1.54) is 0 Å². The van der Waals surface area contributed by atoms with E-state index in [-0.39, 0.29) is 6.54 Å².